The molecule has 0 aromatic carbocycles. The number of morpholine rings is 2. The molecule has 0 saturated carbocycles. The van der Waals surface area contributed by atoms with Crippen molar-refractivity contribution in [3.05, 3.63) is 17.4 Å². The summed E-state index contributed by atoms with van der Waals surface area (Å²) in [7, 11) is 0. The summed E-state index contributed by atoms with van der Waals surface area (Å²) >= 11 is 6.20. The third-order valence-corrected chi connectivity index (χ3v) is 4.97. The van der Waals surface area contributed by atoms with Crippen molar-refractivity contribution in [1.82, 2.24) is 15.0 Å². The smallest absolute Gasteiger partial charge is 0.226 e. The maximum absolute atomic E-state index is 6.20. The highest BCUT2D eigenvalue weighted by atomic mass is 35.5. The molecule has 2 aromatic heterocycles. The lowest BCUT2D eigenvalue weighted by Gasteiger charge is -2.35. The Hall–Kier alpha value is -1.70. The Morgan fingerprint density at radius 1 is 0.960 bits per heavy atom. The van der Waals surface area contributed by atoms with Crippen LogP contribution in [-0.2, 0) is 9.47 Å². The number of aromatic nitrogens is 3. The van der Waals surface area contributed by atoms with Crippen molar-refractivity contribution in [2.75, 3.05) is 49.3 Å². The molecule has 2 aliphatic heterocycles. The van der Waals surface area contributed by atoms with E-state index < -0.39 is 0 Å². The first kappa shape index (κ1) is 16.8. The quantitative estimate of drug-likeness (QED) is 0.757. The second kappa shape index (κ2) is 6.90. The monoisotopic (exact) mass is 363 g/mol. The van der Waals surface area contributed by atoms with Gasteiger partial charge in [0.2, 0.25) is 5.28 Å². The molecule has 0 radical (unpaired) electrons. The molecule has 7 nitrogen and oxygen atoms in total. The molecule has 0 aliphatic carbocycles. The lowest BCUT2D eigenvalue weighted by Crippen LogP contribution is -2.44. The van der Waals surface area contributed by atoms with Crippen LogP contribution in [0.25, 0.3) is 11.0 Å². The Morgan fingerprint density at radius 3 is 2.32 bits per heavy atom. The van der Waals surface area contributed by atoms with Crippen molar-refractivity contribution in [2.45, 2.75) is 25.9 Å². The number of halogens is 1. The number of anilines is 2. The van der Waals surface area contributed by atoms with Gasteiger partial charge >= 0.3 is 0 Å². The number of fused-ring (bicyclic) bond motifs is 1. The van der Waals surface area contributed by atoms with Gasteiger partial charge in [0.05, 0.1) is 43.9 Å². The van der Waals surface area contributed by atoms with Crippen LogP contribution in [0.15, 0.2) is 12.1 Å². The second-order valence-electron chi connectivity index (χ2n) is 6.59. The standard InChI is InChI=1S/C17H22ClN5O2/c1-11-9-24-7-5-22(11)14-4-3-13-15(19-14)20-17(18)21-16(13)23-6-8-25-10-12(23)2/h3-4,11-12H,5-10H2,1-2H3. The molecule has 0 N–H and O–H groups in total. The Bertz CT molecular complexity index is 774. The highest BCUT2D eigenvalue weighted by Crippen LogP contribution is 2.29. The lowest BCUT2D eigenvalue weighted by molar-refractivity contribution is 0.0985. The first-order chi connectivity index (χ1) is 12.1. The van der Waals surface area contributed by atoms with Gasteiger partial charge in [0, 0.05) is 13.1 Å². The Balaban J connectivity index is 1.75. The maximum atomic E-state index is 6.20. The van der Waals surface area contributed by atoms with Crippen molar-refractivity contribution in [2.24, 2.45) is 0 Å². The van der Waals surface area contributed by atoms with Gasteiger partial charge in [0.25, 0.3) is 0 Å². The summed E-state index contributed by atoms with van der Waals surface area (Å²) in [5.74, 6) is 1.74. The molecule has 2 fully saturated rings. The summed E-state index contributed by atoms with van der Waals surface area (Å²) in [6, 6.07) is 4.61. The molecule has 2 atom stereocenters. The third-order valence-electron chi connectivity index (χ3n) is 4.80. The van der Waals surface area contributed by atoms with E-state index in [1.54, 1.807) is 0 Å². The molecule has 134 valence electrons. The Morgan fingerprint density at radius 2 is 1.64 bits per heavy atom. The van der Waals surface area contributed by atoms with E-state index in [0.29, 0.717) is 32.1 Å². The topological polar surface area (TPSA) is 63.6 Å². The van der Waals surface area contributed by atoms with E-state index >= 15 is 0 Å². The zero-order valence-corrected chi connectivity index (χ0v) is 15.2. The summed E-state index contributed by atoms with van der Waals surface area (Å²) in [6.45, 7) is 8.66. The van der Waals surface area contributed by atoms with Gasteiger partial charge in [-0.1, -0.05) is 0 Å². The molecule has 4 rings (SSSR count). The summed E-state index contributed by atoms with van der Waals surface area (Å²) < 4.78 is 11.0. The van der Waals surface area contributed by atoms with Gasteiger partial charge < -0.3 is 19.3 Å². The van der Waals surface area contributed by atoms with Crippen LogP contribution in [-0.4, -0.2) is 66.6 Å². The SMILES string of the molecule is CC1COCCN1c1ccc2c(N3CCOCC3C)nc(Cl)nc2n1. The molecule has 25 heavy (non-hydrogen) atoms. The summed E-state index contributed by atoms with van der Waals surface area (Å²) in [4.78, 5) is 18.1. The van der Waals surface area contributed by atoms with Crippen LogP contribution < -0.4 is 9.80 Å². The van der Waals surface area contributed by atoms with Crippen molar-refractivity contribution >= 4 is 34.3 Å². The molecule has 2 aliphatic rings. The van der Waals surface area contributed by atoms with E-state index in [1.807, 2.05) is 12.1 Å². The van der Waals surface area contributed by atoms with Gasteiger partial charge in [-0.3, -0.25) is 0 Å². The van der Waals surface area contributed by atoms with E-state index in [-0.39, 0.29) is 17.4 Å². The predicted molar refractivity (Wildman–Crippen MR) is 97.6 cm³/mol. The fraction of sp³-hybridized carbons (Fsp3) is 0.588. The molecular weight excluding hydrogens is 342 g/mol. The van der Waals surface area contributed by atoms with E-state index in [9.17, 15) is 0 Å². The van der Waals surface area contributed by atoms with Crippen LogP contribution in [0.3, 0.4) is 0 Å². The van der Waals surface area contributed by atoms with Crippen molar-refractivity contribution in [1.29, 1.82) is 0 Å². The highest BCUT2D eigenvalue weighted by molar-refractivity contribution is 6.28. The first-order valence-corrected chi connectivity index (χ1v) is 9.04. The van der Waals surface area contributed by atoms with Crippen molar-refractivity contribution < 1.29 is 9.47 Å². The number of pyridine rings is 1. The van der Waals surface area contributed by atoms with Crippen LogP contribution in [0.2, 0.25) is 5.28 Å². The molecule has 0 amide bonds. The van der Waals surface area contributed by atoms with E-state index in [4.69, 9.17) is 26.1 Å². The average Bonchev–Trinajstić information content (AvgIpc) is 2.61. The molecule has 2 unspecified atom stereocenters. The first-order valence-electron chi connectivity index (χ1n) is 8.66. The average molecular weight is 364 g/mol. The van der Waals surface area contributed by atoms with E-state index in [0.717, 1.165) is 30.1 Å². The van der Waals surface area contributed by atoms with Crippen LogP contribution in [0, 0.1) is 0 Å². The van der Waals surface area contributed by atoms with Gasteiger partial charge in [-0.15, -0.1) is 0 Å². The van der Waals surface area contributed by atoms with Crippen LogP contribution in [0.5, 0.6) is 0 Å². The second-order valence-corrected chi connectivity index (χ2v) is 6.93. The number of rotatable bonds is 2. The number of ether oxygens (including phenoxy) is 2. The van der Waals surface area contributed by atoms with Crippen LogP contribution in [0.4, 0.5) is 11.6 Å². The summed E-state index contributed by atoms with van der Waals surface area (Å²) in [5, 5.41) is 1.14. The molecule has 2 saturated heterocycles. The minimum absolute atomic E-state index is 0.223. The minimum Gasteiger partial charge on any atom is -0.377 e. The van der Waals surface area contributed by atoms with Gasteiger partial charge in [-0.2, -0.15) is 9.97 Å². The fourth-order valence-electron chi connectivity index (χ4n) is 3.45. The highest BCUT2D eigenvalue weighted by Gasteiger charge is 2.25. The normalized spacial score (nSPS) is 24.8. The fourth-order valence-corrected chi connectivity index (χ4v) is 3.61. The number of hydrogen-bond donors (Lipinski definition) is 0. The summed E-state index contributed by atoms with van der Waals surface area (Å²) in [5.41, 5.74) is 0.630. The number of hydrogen-bond acceptors (Lipinski definition) is 7. The largest absolute Gasteiger partial charge is 0.377 e. The van der Waals surface area contributed by atoms with Gasteiger partial charge in [-0.05, 0) is 37.6 Å². The summed E-state index contributed by atoms with van der Waals surface area (Å²) in [6.07, 6.45) is 0. The van der Waals surface area contributed by atoms with Crippen molar-refractivity contribution in [3.8, 4) is 0 Å². The third kappa shape index (κ3) is 3.23. The Labute approximate surface area is 151 Å². The van der Waals surface area contributed by atoms with Gasteiger partial charge in [0.1, 0.15) is 11.6 Å². The van der Waals surface area contributed by atoms with Crippen molar-refractivity contribution in [3.63, 3.8) is 0 Å². The molecule has 4 heterocycles. The molecule has 0 spiro atoms. The predicted octanol–water partition coefficient (Wildman–Crippen LogP) is 2.13. The van der Waals surface area contributed by atoms with Gasteiger partial charge in [-0.25, -0.2) is 4.98 Å². The molecule has 8 heteroatoms. The Kier molecular flexibility index (Phi) is 4.62. The maximum Gasteiger partial charge on any atom is 0.226 e. The molecule has 0 bridgehead atoms. The van der Waals surface area contributed by atoms with E-state index in [2.05, 4.69) is 33.6 Å². The molecule has 2 aromatic rings. The molecular formula is C17H22ClN5O2. The number of nitrogens with zero attached hydrogens (tertiary/aromatic N) is 5. The van der Waals surface area contributed by atoms with Crippen LogP contribution >= 0.6 is 11.6 Å². The zero-order chi connectivity index (χ0) is 17.4. The minimum atomic E-state index is 0.223. The van der Waals surface area contributed by atoms with Crippen LogP contribution in [0.1, 0.15) is 13.8 Å². The van der Waals surface area contributed by atoms with E-state index in [1.165, 1.54) is 0 Å². The van der Waals surface area contributed by atoms with Gasteiger partial charge in [0.15, 0.2) is 5.65 Å². The lowest BCUT2D eigenvalue weighted by atomic mass is 10.2. The zero-order valence-electron chi connectivity index (χ0n) is 14.5.